The Morgan fingerprint density at radius 1 is 0.855 bits per heavy atom. The minimum atomic E-state index is -6.04. The maximum atomic E-state index is 16.4. The van der Waals surface area contributed by atoms with Crippen LogP contribution in [0.15, 0.2) is 41.0 Å². The Kier molecular flexibility index (Phi) is 14.1. The standard InChI is InChI=1S/C47H65N2O17P3/c1-28(2)13-12-18-45(8)19-17-32-39(61-45)31(15-14-29(3)4)40-35(41(32)63-68(56,57)66-69(58,59)65-67(53,54)55)38(50)36-37(48-23-25-60-26-24-48)33-27-34-44(6,7)64-46(42(33)51,47(34,36)62-40)20-16-30(5)43(52)49-21-10-9-11-22-49/h13-14,16-17,19,33-34,36-37H,9-12,15,18,20-27H2,1-8H3,(H,56,57)(H,58,59)(H2,53,54,55)/b30-16-. The van der Waals surface area contributed by atoms with Gasteiger partial charge in [0.15, 0.2) is 28.5 Å². The highest BCUT2D eigenvalue weighted by Gasteiger charge is 2.86. The van der Waals surface area contributed by atoms with E-state index in [1.165, 1.54) is 0 Å². The molecule has 9 rings (SSSR count). The van der Waals surface area contributed by atoms with Crippen LogP contribution in [-0.2, 0) is 47.8 Å². The molecule has 380 valence electrons. The van der Waals surface area contributed by atoms with Crippen LogP contribution in [0.4, 0.5) is 0 Å². The van der Waals surface area contributed by atoms with Gasteiger partial charge in [-0.1, -0.05) is 29.4 Å². The minimum absolute atomic E-state index is 0.0240. The number of morpholine rings is 1. The molecule has 19 nitrogen and oxygen atoms in total. The molecule has 1 aromatic carbocycles. The number of ether oxygens (including phenoxy) is 4. The molecule has 0 radical (unpaired) electrons. The summed E-state index contributed by atoms with van der Waals surface area (Å²) < 4.78 is 79.9. The highest BCUT2D eigenvalue weighted by molar-refractivity contribution is 7.66. The van der Waals surface area contributed by atoms with Crippen molar-refractivity contribution in [2.24, 2.45) is 17.8 Å². The number of ketones is 2. The number of carbonyl (C=O) groups excluding carboxylic acids is 3. The average Bonchev–Trinajstić information content (AvgIpc) is 3.39. The number of hydrogen-bond donors (Lipinski definition) is 4. The highest BCUT2D eigenvalue weighted by atomic mass is 31.3. The van der Waals surface area contributed by atoms with E-state index in [1.807, 2.05) is 65.5 Å². The van der Waals surface area contributed by atoms with Crippen LogP contribution >= 0.6 is 23.5 Å². The Morgan fingerprint density at radius 3 is 2.16 bits per heavy atom. The number of hydrogen-bond acceptors (Lipinski definition) is 14. The van der Waals surface area contributed by atoms with Crippen molar-refractivity contribution in [2.45, 2.75) is 135 Å². The van der Waals surface area contributed by atoms with Gasteiger partial charge >= 0.3 is 23.5 Å². The molecule has 3 saturated heterocycles. The van der Waals surface area contributed by atoms with Gasteiger partial charge in [0.2, 0.25) is 5.91 Å². The SMILES string of the molecule is CC(C)=CCCC1(C)C=Cc2c(c(CC=C(C)C)c3c(c2OP(=O)(O)OP(=O)(O)OP(=O)(O)O)C(=O)C2C(N4CCOCC4)C4CC5C(C)(C)OC(C/C=C(/C)C(=O)N6CCCCC6)(C4=O)C25O3)O1. The van der Waals surface area contributed by atoms with Gasteiger partial charge in [0, 0.05) is 61.6 Å². The fourth-order valence-corrected chi connectivity index (χ4v) is 15.0. The molecule has 4 bridgehead atoms. The number of carbonyl (C=O) groups is 3. The van der Waals surface area contributed by atoms with Crippen molar-refractivity contribution in [1.29, 1.82) is 0 Å². The zero-order valence-electron chi connectivity index (χ0n) is 40.4. The second-order valence-corrected chi connectivity index (χ2v) is 24.9. The summed E-state index contributed by atoms with van der Waals surface area (Å²) in [5.41, 5.74) is -3.36. The summed E-state index contributed by atoms with van der Waals surface area (Å²) in [4.78, 5) is 90.1. The molecule has 5 heterocycles. The zero-order valence-corrected chi connectivity index (χ0v) is 43.1. The fourth-order valence-electron chi connectivity index (χ4n) is 11.9. The van der Waals surface area contributed by atoms with Gasteiger partial charge in [0.05, 0.1) is 30.3 Å². The van der Waals surface area contributed by atoms with Crippen LogP contribution in [0.2, 0.25) is 0 Å². The third-order valence-corrected chi connectivity index (χ3v) is 18.5. The average molecular weight is 1020 g/mol. The van der Waals surface area contributed by atoms with E-state index in [1.54, 1.807) is 30.1 Å². The van der Waals surface area contributed by atoms with Crippen LogP contribution in [0.5, 0.6) is 17.2 Å². The summed E-state index contributed by atoms with van der Waals surface area (Å²) in [5, 5.41) is 0. The van der Waals surface area contributed by atoms with E-state index in [0.29, 0.717) is 63.4 Å². The zero-order chi connectivity index (χ0) is 50.3. The van der Waals surface area contributed by atoms with Crippen LogP contribution in [0.1, 0.15) is 122 Å². The predicted molar refractivity (Wildman–Crippen MR) is 251 cm³/mol. The van der Waals surface area contributed by atoms with Crippen molar-refractivity contribution >= 4 is 47.0 Å². The van der Waals surface area contributed by atoms with Gasteiger partial charge in [0.1, 0.15) is 22.7 Å². The first kappa shape index (κ1) is 52.1. The lowest BCUT2D eigenvalue weighted by Gasteiger charge is -2.64. The molecule has 6 fully saturated rings. The van der Waals surface area contributed by atoms with Crippen LogP contribution in [0, 0.1) is 17.8 Å². The summed E-state index contributed by atoms with van der Waals surface area (Å²) >= 11 is 0. The second-order valence-electron chi connectivity index (χ2n) is 20.6. The molecule has 1 amide bonds. The van der Waals surface area contributed by atoms with Crippen molar-refractivity contribution < 1.29 is 79.7 Å². The van der Waals surface area contributed by atoms with Crippen LogP contribution in [-0.4, -0.2) is 115 Å². The van der Waals surface area contributed by atoms with E-state index >= 15 is 9.59 Å². The number of nitrogens with zero attached hydrogens (tertiary/aromatic N) is 2. The Balaban J connectivity index is 1.39. The van der Waals surface area contributed by atoms with E-state index in [0.717, 1.165) is 30.4 Å². The molecule has 1 aromatic rings. The van der Waals surface area contributed by atoms with Crippen molar-refractivity contribution in [3.63, 3.8) is 0 Å². The van der Waals surface area contributed by atoms with E-state index in [2.05, 4.69) is 8.62 Å². The molecular formula is C47H65N2O17P3. The smallest absolute Gasteiger partial charge is 0.482 e. The molecule has 69 heavy (non-hydrogen) atoms. The Labute approximate surface area is 402 Å². The molecule has 5 aliphatic heterocycles. The van der Waals surface area contributed by atoms with E-state index < -0.39 is 81.2 Å². The molecule has 9 atom stereocenters. The Hall–Kier alpha value is -3.28. The molecule has 0 aromatic heterocycles. The number of phosphoric acid groups is 3. The van der Waals surface area contributed by atoms with Gasteiger partial charge in [-0.2, -0.15) is 8.62 Å². The number of phosphoric ester groups is 1. The van der Waals surface area contributed by atoms with Gasteiger partial charge in [0.25, 0.3) is 0 Å². The van der Waals surface area contributed by atoms with Crippen LogP contribution in [0.25, 0.3) is 6.08 Å². The normalized spacial score (nSPS) is 32.1. The molecule has 3 aliphatic carbocycles. The Morgan fingerprint density at radius 2 is 1.52 bits per heavy atom. The summed E-state index contributed by atoms with van der Waals surface area (Å²) in [6.07, 6.45) is 13.0. The molecule has 9 unspecified atom stereocenters. The lowest BCUT2D eigenvalue weighted by Crippen LogP contribution is -2.82. The number of rotatable bonds is 15. The topological polar surface area (TPSA) is 254 Å². The number of likely N-dealkylation sites (tertiary alicyclic amines) is 1. The third kappa shape index (κ3) is 9.62. The summed E-state index contributed by atoms with van der Waals surface area (Å²) in [6, 6.07) is -0.800. The lowest BCUT2D eigenvalue weighted by molar-refractivity contribution is -0.215. The third-order valence-electron chi connectivity index (χ3n) is 14.8. The molecule has 22 heteroatoms. The first-order valence-electron chi connectivity index (χ1n) is 23.6. The number of benzene rings is 1. The maximum absolute atomic E-state index is 16.4. The van der Waals surface area contributed by atoms with Gasteiger partial charge in [-0.15, -0.1) is 0 Å². The largest absolute Gasteiger partial charge is 0.536 e. The summed E-state index contributed by atoms with van der Waals surface area (Å²) in [6.45, 7) is 17.5. The quantitative estimate of drug-likeness (QED) is 0.0751. The van der Waals surface area contributed by atoms with E-state index in [4.69, 9.17) is 23.5 Å². The van der Waals surface area contributed by atoms with E-state index in [-0.39, 0.29) is 53.6 Å². The second kappa shape index (κ2) is 18.6. The van der Waals surface area contributed by atoms with Gasteiger partial charge in [-0.05, 0) is 112 Å². The van der Waals surface area contributed by atoms with Crippen LogP contribution in [0.3, 0.4) is 0 Å². The summed E-state index contributed by atoms with van der Waals surface area (Å²) in [5.74, 6) is -4.39. The molecule has 4 N–H and O–H groups in total. The van der Waals surface area contributed by atoms with Crippen molar-refractivity contribution in [3.8, 4) is 17.2 Å². The lowest BCUT2D eigenvalue weighted by atomic mass is 9.44. The molecular weight excluding hydrogens is 957 g/mol. The van der Waals surface area contributed by atoms with Gasteiger partial charge in [-0.3, -0.25) is 24.2 Å². The number of allylic oxidation sites excluding steroid dienone is 4. The van der Waals surface area contributed by atoms with Gasteiger partial charge in [-0.25, -0.2) is 13.7 Å². The maximum Gasteiger partial charge on any atom is 0.536 e. The number of amides is 1. The molecule has 3 saturated carbocycles. The molecule has 8 aliphatic rings. The fraction of sp³-hybridized carbons (Fsp3) is 0.638. The van der Waals surface area contributed by atoms with Crippen molar-refractivity contribution in [1.82, 2.24) is 9.80 Å². The Bertz CT molecular complexity index is 2560. The highest BCUT2D eigenvalue weighted by Crippen LogP contribution is 2.72. The van der Waals surface area contributed by atoms with E-state index in [9.17, 15) is 38.1 Å². The monoisotopic (exact) mass is 1020 g/mol. The van der Waals surface area contributed by atoms with Gasteiger partial charge < -0.3 is 43.1 Å². The van der Waals surface area contributed by atoms with Crippen LogP contribution < -0.4 is 14.0 Å². The van der Waals surface area contributed by atoms with Crippen molar-refractivity contribution in [2.75, 3.05) is 39.4 Å². The minimum Gasteiger partial charge on any atom is -0.482 e. The molecule has 1 spiro atoms. The predicted octanol–water partition coefficient (Wildman–Crippen LogP) is 7.56. The first-order valence-corrected chi connectivity index (χ1v) is 28.1. The number of piperidine rings is 1. The summed E-state index contributed by atoms with van der Waals surface area (Å²) in [7, 11) is -17.8. The first-order chi connectivity index (χ1) is 32.1. The number of Topliss-reactive ketones (excluding diaryl/α,β-unsaturated/α-hetero) is 2. The van der Waals surface area contributed by atoms with Crippen molar-refractivity contribution in [3.05, 3.63) is 57.7 Å². The number of fused-ring (bicyclic) bond motifs is 2.